The third-order valence-electron chi connectivity index (χ3n) is 5.25. The van der Waals surface area contributed by atoms with E-state index in [1.54, 1.807) is 6.07 Å². The van der Waals surface area contributed by atoms with Gasteiger partial charge in [0.1, 0.15) is 23.4 Å². The normalized spacial score (nSPS) is 16.2. The smallest absolute Gasteiger partial charge is 0.273 e. The first-order chi connectivity index (χ1) is 15.5. The van der Waals surface area contributed by atoms with Crippen molar-refractivity contribution in [2.75, 3.05) is 29.9 Å². The average Bonchev–Trinajstić information content (AvgIpc) is 3.23. The van der Waals surface area contributed by atoms with Crippen molar-refractivity contribution >= 4 is 44.3 Å². The maximum absolute atomic E-state index is 13.7. The second-order valence-electron chi connectivity index (χ2n) is 7.53. The number of rotatable bonds is 6. The van der Waals surface area contributed by atoms with Crippen LogP contribution >= 0.6 is 11.3 Å². The fourth-order valence-electron chi connectivity index (χ4n) is 3.67. The zero-order valence-corrected chi connectivity index (χ0v) is 18.3. The Morgan fingerprint density at radius 1 is 1.31 bits per heavy atom. The molecular formula is C21H23FN6O3S. The lowest BCUT2D eigenvalue weighted by molar-refractivity contribution is -0.125. The number of benzene rings is 1. The lowest BCUT2D eigenvalue weighted by Gasteiger charge is -2.31. The van der Waals surface area contributed by atoms with Gasteiger partial charge in [-0.25, -0.2) is 9.37 Å². The maximum Gasteiger partial charge on any atom is 0.273 e. The van der Waals surface area contributed by atoms with Gasteiger partial charge < -0.3 is 15.5 Å². The minimum Gasteiger partial charge on any atom is -0.356 e. The Morgan fingerprint density at radius 2 is 2.12 bits per heavy atom. The number of nitrogens with zero attached hydrogens (tertiary/aromatic N) is 4. The molecular weight excluding hydrogens is 435 g/mol. The molecule has 1 aliphatic rings. The van der Waals surface area contributed by atoms with Gasteiger partial charge in [-0.15, -0.1) is 0 Å². The Balaban J connectivity index is 1.51. The summed E-state index contributed by atoms with van der Waals surface area (Å²) in [5, 5.41) is 5.95. The van der Waals surface area contributed by atoms with E-state index in [4.69, 9.17) is 0 Å². The molecule has 2 amide bonds. The maximum atomic E-state index is 13.7. The number of anilines is 2. The molecule has 0 saturated carbocycles. The summed E-state index contributed by atoms with van der Waals surface area (Å²) in [5.41, 5.74) is -0.0351. The van der Waals surface area contributed by atoms with Gasteiger partial charge in [-0.05, 0) is 31.9 Å². The van der Waals surface area contributed by atoms with Crippen LogP contribution in [-0.4, -0.2) is 46.0 Å². The highest BCUT2D eigenvalue weighted by Gasteiger charge is 2.27. The minimum atomic E-state index is -0.554. The minimum absolute atomic E-state index is 0.0275. The van der Waals surface area contributed by atoms with Gasteiger partial charge in [-0.1, -0.05) is 23.5 Å². The van der Waals surface area contributed by atoms with E-state index < -0.39 is 11.7 Å². The van der Waals surface area contributed by atoms with Crippen molar-refractivity contribution in [2.45, 2.75) is 26.3 Å². The zero-order valence-electron chi connectivity index (χ0n) is 17.5. The second kappa shape index (κ2) is 9.43. The number of halogens is 1. The Kier molecular flexibility index (Phi) is 6.45. The highest BCUT2D eigenvalue weighted by atomic mass is 32.1. The van der Waals surface area contributed by atoms with Crippen LogP contribution in [0.25, 0.3) is 10.3 Å². The van der Waals surface area contributed by atoms with Gasteiger partial charge in [0.15, 0.2) is 10.8 Å². The van der Waals surface area contributed by atoms with Crippen molar-refractivity contribution in [3.63, 3.8) is 0 Å². The lowest BCUT2D eigenvalue weighted by atomic mass is 9.97. The predicted molar refractivity (Wildman–Crippen MR) is 120 cm³/mol. The van der Waals surface area contributed by atoms with E-state index >= 15 is 0 Å². The molecule has 4 rings (SSSR count). The van der Waals surface area contributed by atoms with Crippen LogP contribution in [0.1, 0.15) is 19.8 Å². The van der Waals surface area contributed by atoms with Crippen molar-refractivity contribution in [2.24, 2.45) is 5.92 Å². The lowest BCUT2D eigenvalue weighted by Crippen LogP contribution is -2.43. The standard InChI is InChI=1S/C21H23FN6O3S/c1-2-23-19(30)13-6-5-9-27(10-13)21-26-18-17(32-21)20(31)28(12-24-18)11-16(29)25-15-8-4-3-7-14(15)22/h3-4,7-8,12-13H,2,5-6,9-11H2,1H3,(H,23,30)(H,25,29)/t13-/m1/s1. The third-order valence-corrected chi connectivity index (χ3v) is 6.34. The highest BCUT2D eigenvalue weighted by molar-refractivity contribution is 7.22. The largest absolute Gasteiger partial charge is 0.356 e. The number of nitrogens with one attached hydrogen (secondary N) is 2. The molecule has 1 fully saturated rings. The van der Waals surface area contributed by atoms with Gasteiger partial charge >= 0.3 is 0 Å². The fraction of sp³-hybridized carbons (Fsp3) is 0.381. The summed E-state index contributed by atoms with van der Waals surface area (Å²) >= 11 is 1.20. The predicted octanol–water partition coefficient (Wildman–Crippen LogP) is 1.98. The second-order valence-corrected chi connectivity index (χ2v) is 8.51. The molecule has 0 aliphatic carbocycles. The van der Waals surface area contributed by atoms with Crippen LogP contribution in [0.3, 0.4) is 0 Å². The summed E-state index contributed by atoms with van der Waals surface area (Å²) in [6.45, 7) is 3.45. The van der Waals surface area contributed by atoms with Crippen LogP contribution in [0.2, 0.25) is 0 Å². The quantitative estimate of drug-likeness (QED) is 0.585. The number of aromatic nitrogens is 3. The van der Waals surface area contributed by atoms with Gasteiger partial charge in [-0.3, -0.25) is 19.0 Å². The van der Waals surface area contributed by atoms with E-state index in [0.717, 1.165) is 19.4 Å². The van der Waals surface area contributed by atoms with E-state index in [9.17, 15) is 18.8 Å². The SMILES string of the molecule is CCNC(=O)[C@@H]1CCCN(c2nc3ncn(CC(=O)Nc4ccccc4F)c(=O)c3s2)C1. The van der Waals surface area contributed by atoms with Crippen molar-refractivity contribution in [3.8, 4) is 0 Å². The number of amides is 2. The molecule has 1 aliphatic heterocycles. The highest BCUT2D eigenvalue weighted by Crippen LogP contribution is 2.29. The molecule has 3 heterocycles. The summed E-state index contributed by atoms with van der Waals surface area (Å²) in [4.78, 5) is 48.1. The molecule has 168 valence electrons. The summed E-state index contributed by atoms with van der Waals surface area (Å²) in [7, 11) is 0. The molecule has 9 nitrogen and oxygen atoms in total. The summed E-state index contributed by atoms with van der Waals surface area (Å²) < 4.78 is 15.3. The van der Waals surface area contributed by atoms with Crippen LogP contribution in [0.4, 0.5) is 15.2 Å². The number of hydrogen-bond acceptors (Lipinski definition) is 7. The first kappa shape index (κ1) is 21.9. The van der Waals surface area contributed by atoms with E-state index in [1.165, 1.54) is 40.4 Å². The monoisotopic (exact) mass is 458 g/mol. The van der Waals surface area contributed by atoms with Crippen molar-refractivity contribution in [1.29, 1.82) is 0 Å². The molecule has 2 N–H and O–H groups in total. The molecule has 1 aromatic carbocycles. The molecule has 2 aromatic heterocycles. The average molecular weight is 459 g/mol. The van der Waals surface area contributed by atoms with Gasteiger partial charge in [0.2, 0.25) is 11.8 Å². The van der Waals surface area contributed by atoms with Gasteiger partial charge in [0, 0.05) is 19.6 Å². The topological polar surface area (TPSA) is 109 Å². The van der Waals surface area contributed by atoms with Crippen molar-refractivity contribution < 1.29 is 14.0 Å². The van der Waals surface area contributed by atoms with Gasteiger partial charge in [0.25, 0.3) is 5.56 Å². The molecule has 0 unspecified atom stereocenters. The summed E-state index contributed by atoms with van der Waals surface area (Å²) in [6, 6.07) is 5.81. The van der Waals surface area contributed by atoms with Crippen LogP contribution < -0.4 is 21.1 Å². The number of thiazole rings is 1. The number of piperidine rings is 1. The zero-order chi connectivity index (χ0) is 22.7. The fourth-order valence-corrected chi connectivity index (χ4v) is 4.68. The Morgan fingerprint density at radius 3 is 2.91 bits per heavy atom. The van der Waals surface area contributed by atoms with Crippen LogP contribution in [0.15, 0.2) is 35.4 Å². The number of para-hydroxylation sites is 1. The van der Waals surface area contributed by atoms with Gasteiger partial charge in [-0.2, -0.15) is 4.98 Å². The number of carbonyl (C=O) groups excluding carboxylic acids is 2. The van der Waals surface area contributed by atoms with Crippen LogP contribution in [0.5, 0.6) is 0 Å². The molecule has 0 bridgehead atoms. The molecule has 0 radical (unpaired) electrons. The van der Waals surface area contributed by atoms with Crippen molar-refractivity contribution in [1.82, 2.24) is 19.9 Å². The Labute approximate surface area is 187 Å². The van der Waals surface area contributed by atoms with E-state index in [1.807, 2.05) is 11.8 Å². The van der Waals surface area contributed by atoms with E-state index in [-0.39, 0.29) is 29.6 Å². The first-order valence-electron chi connectivity index (χ1n) is 10.4. The van der Waals surface area contributed by atoms with Gasteiger partial charge in [0.05, 0.1) is 11.6 Å². The summed E-state index contributed by atoms with van der Waals surface area (Å²) in [6.07, 6.45) is 2.93. The molecule has 32 heavy (non-hydrogen) atoms. The first-order valence-corrected chi connectivity index (χ1v) is 11.2. The molecule has 0 spiro atoms. The van der Waals surface area contributed by atoms with E-state index in [0.29, 0.717) is 28.6 Å². The number of fused-ring (bicyclic) bond motifs is 1. The Hall–Kier alpha value is -3.34. The van der Waals surface area contributed by atoms with Crippen LogP contribution in [0, 0.1) is 11.7 Å². The third kappa shape index (κ3) is 4.62. The summed E-state index contributed by atoms with van der Waals surface area (Å²) in [5.74, 6) is -1.19. The molecule has 1 atom stereocenters. The Bertz CT molecular complexity index is 1210. The number of hydrogen-bond donors (Lipinski definition) is 2. The van der Waals surface area contributed by atoms with E-state index in [2.05, 4.69) is 20.6 Å². The number of carbonyl (C=O) groups is 2. The van der Waals surface area contributed by atoms with Crippen molar-refractivity contribution in [3.05, 3.63) is 46.8 Å². The molecule has 11 heteroatoms. The van der Waals surface area contributed by atoms with Crippen LogP contribution in [-0.2, 0) is 16.1 Å². The molecule has 3 aromatic rings. The molecule has 1 saturated heterocycles.